The number of hydrogen-bond acceptors (Lipinski definition) is 4. The van der Waals surface area contributed by atoms with Gasteiger partial charge in [-0.15, -0.1) is 0 Å². The average Bonchev–Trinajstić information content (AvgIpc) is 2.60. The Balaban J connectivity index is 1.70. The van der Waals surface area contributed by atoms with Crippen molar-refractivity contribution in [2.24, 2.45) is 0 Å². The molecule has 2 rings (SSSR count). The smallest absolute Gasteiger partial charge is 0.338 e. The third-order valence-electron chi connectivity index (χ3n) is 3.29. The van der Waals surface area contributed by atoms with Gasteiger partial charge in [0.2, 0.25) is 0 Å². The highest BCUT2D eigenvalue weighted by Gasteiger charge is 2.10. The highest BCUT2D eigenvalue weighted by Crippen LogP contribution is 2.11. The molecule has 0 saturated carbocycles. The molecule has 0 atom stereocenters. The third kappa shape index (κ3) is 5.84. The van der Waals surface area contributed by atoms with Crippen LogP contribution in [0.4, 0.5) is 0 Å². The van der Waals surface area contributed by atoms with Crippen LogP contribution in [0.25, 0.3) is 0 Å². The van der Waals surface area contributed by atoms with Crippen LogP contribution < -0.4 is 10.1 Å². The zero-order valence-corrected chi connectivity index (χ0v) is 15.4. The molecule has 0 bridgehead atoms. The molecule has 2 aromatic rings. The summed E-state index contributed by atoms with van der Waals surface area (Å²) in [6, 6.07) is 14.7. The number of halogens is 1. The molecule has 0 radical (unpaired) electrons. The largest absolute Gasteiger partial charge is 0.497 e. The number of nitrogens with one attached hydrogen (secondary N) is 1. The fourth-order valence-corrected chi connectivity index (χ4v) is 2.56. The third-order valence-corrected chi connectivity index (χ3v) is 3.96. The SMILES string of the molecule is COc1ccc(CCNC(=O)COC(=O)c2cccc(I)c2)cc1. The van der Waals surface area contributed by atoms with E-state index in [1.807, 2.05) is 30.3 Å². The second kappa shape index (κ2) is 9.27. The van der Waals surface area contributed by atoms with Crippen LogP contribution in [-0.4, -0.2) is 32.1 Å². The lowest BCUT2D eigenvalue weighted by Gasteiger charge is -2.07. The minimum absolute atomic E-state index is 0.285. The van der Waals surface area contributed by atoms with Crippen LogP contribution in [0.1, 0.15) is 15.9 Å². The van der Waals surface area contributed by atoms with Gasteiger partial charge >= 0.3 is 5.97 Å². The van der Waals surface area contributed by atoms with E-state index in [1.165, 1.54) is 0 Å². The van der Waals surface area contributed by atoms with Crippen molar-refractivity contribution in [1.29, 1.82) is 0 Å². The van der Waals surface area contributed by atoms with Crippen LogP contribution in [0.5, 0.6) is 5.75 Å². The topological polar surface area (TPSA) is 64.6 Å². The van der Waals surface area contributed by atoms with Crippen LogP contribution in [0, 0.1) is 3.57 Å². The summed E-state index contributed by atoms with van der Waals surface area (Å²) >= 11 is 2.11. The maximum Gasteiger partial charge on any atom is 0.338 e. The molecule has 126 valence electrons. The molecule has 0 aliphatic heterocycles. The predicted molar refractivity (Wildman–Crippen MR) is 99.1 cm³/mol. The van der Waals surface area contributed by atoms with Gasteiger partial charge in [0.15, 0.2) is 6.61 Å². The Bertz CT molecular complexity index is 700. The first-order chi connectivity index (χ1) is 11.6. The Hall–Kier alpha value is -2.09. The minimum atomic E-state index is -0.501. The zero-order chi connectivity index (χ0) is 17.4. The maximum atomic E-state index is 11.8. The monoisotopic (exact) mass is 439 g/mol. The number of carbonyl (C=O) groups excluding carboxylic acids is 2. The van der Waals surface area contributed by atoms with E-state index in [0.717, 1.165) is 14.9 Å². The summed E-state index contributed by atoms with van der Waals surface area (Å²) in [4.78, 5) is 23.6. The molecule has 0 unspecified atom stereocenters. The van der Waals surface area contributed by atoms with Crippen LogP contribution in [0.2, 0.25) is 0 Å². The summed E-state index contributed by atoms with van der Waals surface area (Å²) in [6.07, 6.45) is 0.695. The molecule has 0 aliphatic carbocycles. The first-order valence-corrected chi connectivity index (χ1v) is 8.48. The van der Waals surface area contributed by atoms with Crippen molar-refractivity contribution in [3.05, 3.63) is 63.2 Å². The van der Waals surface area contributed by atoms with Gasteiger partial charge in [-0.05, 0) is 64.9 Å². The Morgan fingerprint density at radius 1 is 1.12 bits per heavy atom. The van der Waals surface area contributed by atoms with Crippen molar-refractivity contribution in [3.8, 4) is 5.75 Å². The first kappa shape index (κ1) is 18.3. The number of esters is 1. The molecule has 0 spiro atoms. The number of rotatable bonds is 7. The van der Waals surface area contributed by atoms with Crippen LogP contribution in [-0.2, 0) is 16.0 Å². The molecule has 6 heteroatoms. The molecule has 0 saturated heterocycles. The van der Waals surface area contributed by atoms with E-state index in [4.69, 9.17) is 9.47 Å². The molecule has 1 N–H and O–H groups in total. The molecule has 5 nitrogen and oxygen atoms in total. The van der Waals surface area contributed by atoms with E-state index in [0.29, 0.717) is 18.5 Å². The quantitative estimate of drug-likeness (QED) is 0.533. The lowest BCUT2D eigenvalue weighted by molar-refractivity contribution is -0.124. The second-order valence-corrected chi connectivity index (χ2v) is 6.28. The fraction of sp³-hybridized carbons (Fsp3) is 0.222. The van der Waals surface area contributed by atoms with Crippen LogP contribution in [0.3, 0.4) is 0 Å². The highest BCUT2D eigenvalue weighted by molar-refractivity contribution is 14.1. The summed E-state index contributed by atoms with van der Waals surface area (Å²) in [5.74, 6) is -0.0217. The normalized spacial score (nSPS) is 10.1. The molecule has 0 fully saturated rings. The van der Waals surface area contributed by atoms with E-state index in [9.17, 15) is 9.59 Å². The second-order valence-electron chi connectivity index (χ2n) is 5.03. The van der Waals surface area contributed by atoms with E-state index >= 15 is 0 Å². The van der Waals surface area contributed by atoms with Gasteiger partial charge in [0.1, 0.15) is 5.75 Å². The maximum absolute atomic E-state index is 11.8. The Kier molecular flexibility index (Phi) is 7.05. The van der Waals surface area contributed by atoms with E-state index in [1.54, 1.807) is 25.3 Å². The summed E-state index contributed by atoms with van der Waals surface area (Å²) in [6.45, 7) is 0.193. The molecular weight excluding hydrogens is 421 g/mol. The summed E-state index contributed by atoms with van der Waals surface area (Å²) in [7, 11) is 1.62. The number of benzene rings is 2. The number of amides is 1. The van der Waals surface area contributed by atoms with Gasteiger partial charge in [-0.1, -0.05) is 18.2 Å². The van der Waals surface area contributed by atoms with E-state index in [-0.39, 0.29) is 12.5 Å². The predicted octanol–water partition coefficient (Wildman–Crippen LogP) is 2.82. The Morgan fingerprint density at radius 3 is 2.54 bits per heavy atom. The van der Waals surface area contributed by atoms with Crippen molar-refractivity contribution in [3.63, 3.8) is 0 Å². The van der Waals surface area contributed by atoms with Crippen molar-refractivity contribution >= 4 is 34.5 Å². The summed E-state index contributed by atoms with van der Waals surface area (Å²) in [5.41, 5.74) is 1.53. The van der Waals surface area contributed by atoms with Crippen molar-refractivity contribution in [1.82, 2.24) is 5.32 Å². The molecule has 1 amide bonds. The van der Waals surface area contributed by atoms with Gasteiger partial charge in [0, 0.05) is 10.1 Å². The summed E-state index contributed by atoms with van der Waals surface area (Å²) < 4.78 is 11.0. The van der Waals surface area contributed by atoms with E-state index in [2.05, 4.69) is 27.9 Å². The molecule has 24 heavy (non-hydrogen) atoms. The van der Waals surface area contributed by atoms with Crippen molar-refractivity contribution in [2.45, 2.75) is 6.42 Å². The first-order valence-electron chi connectivity index (χ1n) is 7.41. The lowest BCUT2D eigenvalue weighted by atomic mass is 10.1. The molecule has 0 heterocycles. The zero-order valence-electron chi connectivity index (χ0n) is 13.3. The standard InChI is InChI=1S/C18H18INO4/c1-23-16-7-5-13(6-8-16)9-10-20-17(21)12-24-18(22)14-3-2-4-15(19)11-14/h2-8,11H,9-10,12H2,1H3,(H,20,21). The van der Waals surface area contributed by atoms with Gasteiger partial charge < -0.3 is 14.8 Å². The van der Waals surface area contributed by atoms with Gasteiger partial charge in [0.05, 0.1) is 12.7 Å². The van der Waals surface area contributed by atoms with Gasteiger partial charge in [-0.25, -0.2) is 4.79 Å². The molecule has 2 aromatic carbocycles. The molecule has 0 aromatic heterocycles. The van der Waals surface area contributed by atoms with E-state index < -0.39 is 5.97 Å². The number of methoxy groups -OCH3 is 1. The Labute approximate surface area is 154 Å². The number of ether oxygens (including phenoxy) is 2. The number of hydrogen-bond donors (Lipinski definition) is 1. The Morgan fingerprint density at radius 2 is 1.88 bits per heavy atom. The summed E-state index contributed by atoms with van der Waals surface area (Å²) in [5, 5.41) is 2.73. The fourth-order valence-electron chi connectivity index (χ4n) is 2.02. The van der Waals surface area contributed by atoms with Crippen LogP contribution >= 0.6 is 22.6 Å². The van der Waals surface area contributed by atoms with Gasteiger partial charge in [-0.3, -0.25) is 4.79 Å². The van der Waals surface area contributed by atoms with Crippen molar-refractivity contribution in [2.75, 3.05) is 20.3 Å². The average molecular weight is 439 g/mol. The van der Waals surface area contributed by atoms with Crippen molar-refractivity contribution < 1.29 is 19.1 Å². The molecular formula is C18H18INO4. The van der Waals surface area contributed by atoms with Crippen LogP contribution in [0.15, 0.2) is 48.5 Å². The van der Waals surface area contributed by atoms with Gasteiger partial charge in [-0.2, -0.15) is 0 Å². The number of carbonyl (C=O) groups is 2. The molecule has 0 aliphatic rings. The highest BCUT2D eigenvalue weighted by atomic mass is 127. The minimum Gasteiger partial charge on any atom is -0.497 e. The lowest BCUT2D eigenvalue weighted by Crippen LogP contribution is -2.30. The van der Waals surface area contributed by atoms with Gasteiger partial charge in [0.25, 0.3) is 5.91 Å².